The molecule has 6 nitrogen and oxygen atoms in total. The second-order valence-corrected chi connectivity index (χ2v) is 7.02. The molecule has 1 saturated carbocycles. The minimum absolute atomic E-state index is 0.0415. The third-order valence-electron chi connectivity index (χ3n) is 4.83. The van der Waals surface area contributed by atoms with Gasteiger partial charge in [0.1, 0.15) is 11.6 Å². The van der Waals surface area contributed by atoms with Crippen LogP contribution < -0.4 is 10.2 Å². The summed E-state index contributed by atoms with van der Waals surface area (Å²) < 4.78 is 13.3. The number of benzene rings is 1. The van der Waals surface area contributed by atoms with Crippen molar-refractivity contribution in [3.63, 3.8) is 0 Å². The van der Waals surface area contributed by atoms with Gasteiger partial charge in [-0.1, -0.05) is 12.1 Å². The summed E-state index contributed by atoms with van der Waals surface area (Å²) in [6.07, 6.45) is 3.66. The van der Waals surface area contributed by atoms with Crippen LogP contribution in [0.4, 0.5) is 10.2 Å². The number of carbonyl (C=O) groups excluding carboxylic acids is 2. The van der Waals surface area contributed by atoms with Crippen molar-refractivity contribution in [1.29, 1.82) is 0 Å². The molecule has 0 radical (unpaired) electrons. The van der Waals surface area contributed by atoms with Crippen LogP contribution in [0.3, 0.4) is 0 Å². The fourth-order valence-corrected chi connectivity index (χ4v) is 3.16. The van der Waals surface area contributed by atoms with Crippen molar-refractivity contribution in [2.45, 2.75) is 25.4 Å². The lowest BCUT2D eigenvalue weighted by Gasteiger charge is -2.35. The minimum Gasteiger partial charge on any atom is -0.349 e. The molecule has 140 valence electrons. The molecule has 27 heavy (non-hydrogen) atoms. The van der Waals surface area contributed by atoms with E-state index in [1.54, 1.807) is 29.3 Å². The number of amides is 2. The molecule has 0 spiro atoms. The summed E-state index contributed by atoms with van der Waals surface area (Å²) in [4.78, 5) is 32.6. The second-order valence-electron chi connectivity index (χ2n) is 7.02. The lowest BCUT2D eigenvalue weighted by molar-refractivity contribution is -0.131. The molecule has 1 aromatic carbocycles. The molecule has 2 aromatic rings. The summed E-state index contributed by atoms with van der Waals surface area (Å²) in [6.45, 7) is 1.72. The van der Waals surface area contributed by atoms with Crippen molar-refractivity contribution < 1.29 is 14.0 Å². The maximum Gasteiger partial charge on any atom is 0.251 e. The van der Waals surface area contributed by atoms with Crippen molar-refractivity contribution in [3.8, 4) is 0 Å². The minimum atomic E-state index is -0.302. The molecule has 1 aliphatic carbocycles. The summed E-state index contributed by atoms with van der Waals surface area (Å²) in [5.41, 5.74) is 1.33. The monoisotopic (exact) mass is 368 g/mol. The Bertz CT molecular complexity index is 869. The first-order valence-corrected chi connectivity index (χ1v) is 9.12. The van der Waals surface area contributed by atoms with E-state index in [-0.39, 0.29) is 24.2 Å². The third kappa shape index (κ3) is 4.24. The van der Waals surface area contributed by atoms with E-state index in [4.69, 9.17) is 0 Å². The van der Waals surface area contributed by atoms with Crippen LogP contribution in [0, 0.1) is 5.82 Å². The van der Waals surface area contributed by atoms with Gasteiger partial charge in [0, 0.05) is 37.4 Å². The van der Waals surface area contributed by atoms with Gasteiger partial charge in [-0.15, -0.1) is 0 Å². The van der Waals surface area contributed by atoms with Gasteiger partial charge in [-0.05, 0) is 42.7 Å². The van der Waals surface area contributed by atoms with Crippen LogP contribution in [0.5, 0.6) is 0 Å². The summed E-state index contributed by atoms with van der Waals surface area (Å²) in [5.74, 6) is 0.179. The van der Waals surface area contributed by atoms with Crippen molar-refractivity contribution in [2.24, 2.45) is 0 Å². The number of nitrogens with zero attached hydrogens (tertiary/aromatic N) is 3. The zero-order valence-corrected chi connectivity index (χ0v) is 14.9. The Balaban J connectivity index is 1.40. The first-order chi connectivity index (χ1) is 13.1. The van der Waals surface area contributed by atoms with Gasteiger partial charge in [0.2, 0.25) is 5.91 Å². The smallest absolute Gasteiger partial charge is 0.251 e. The highest BCUT2D eigenvalue weighted by Gasteiger charge is 2.27. The molecule has 1 saturated heterocycles. The van der Waals surface area contributed by atoms with E-state index in [1.807, 2.05) is 11.0 Å². The number of piperazine rings is 1. The Morgan fingerprint density at radius 2 is 2.07 bits per heavy atom. The number of rotatable bonds is 5. The van der Waals surface area contributed by atoms with Gasteiger partial charge in [0.15, 0.2) is 0 Å². The molecule has 7 heteroatoms. The van der Waals surface area contributed by atoms with E-state index < -0.39 is 0 Å². The molecule has 0 bridgehead atoms. The summed E-state index contributed by atoms with van der Waals surface area (Å²) in [7, 11) is 0. The van der Waals surface area contributed by atoms with E-state index in [2.05, 4.69) is 10.3 Å². The summed E-state index contributed by atoms with van der Waals surface area (Å²) >= 11 is 0. The van der Waals surface area contributed by atoms with Gasteiger partial charge in [0.05, 0.1) is 6.54 Å². The number of hydrogen-bond donors (Lipinski definition) is 1. The standard InChI is InChI=1S/C20H21FN4O2/c21-16-3-1-2-14(10-16)12-25-9-8-24(13-19(25)26)18-11-15(6-7-22-18)20(27)23-17-4-5-17/h1-3,6-7,10-11,17H,4-5,8-9,12-13H2,(H,23,27). The molecule has 1 aromatic heterocycles. The Kier molecular flexibility index (Phi) is 4.75. The van der Waals surface area contributed by atoms with Crippen molar-refractivity contribution >= 4 is 17.6 Å². The molecule has 1 aliphatic heterocycles. The number of hydrogen-bond acceptors (Lipinski definition) is 4. The highest BCUT2D eigenvalue weighted by atomic mass is 19.1. The molecular weight excluding hydrogens is 347 g/mol. The number of pyridine rings is 1. The van der Waals surface area contributed by atoms with Crippen LogP contribution in [0.2, 0.25) is 0 Å². The molecule has 2 fully saturated rings. The molecule has 2 heterocycles. The van der Waals surface area contributed by atoms with E-state index in [0.717, 1.165) is 18.4 Å². The SMILES string of the molecule is O=C(NC1CC1)c1ccnc(N2CCN(Cc3cccc(F)c3)C(=O)C2)c1. The fourth-order valence-electron chi connectivity index (χ4n) is 3.16. The van der Waals surface area contributed by atoms with Gasteiger partial charge in [-0.25, -0.2) is 9.37 Å². The normalized spacial score (nSPS) is 17.1. The van der Waals surface area contributed by atoms with E-state index in [9.17, 15) is 14.0 Å². The van der Waals surface area contributed by atoms with Crippen LogP contribution in [0.1, 0.15) is 28.8 Å². The van der Waals surface area contributed by atoms with Gasteiger partial charge in [-0.2, -0.15) is 0 Å². The average molecular weight is 368 g/mol. The van der Waals surface area contributed by atoms with E-state index in [1.165, 1.54) is 12.1 Å². The number of anilines is 1. The topological polar surface area (TPSA) is 65.5 Å². The largest absolute Gasteiger partial charge is 0.349 e. The Morgan fingerprint density at radius 1 is 1.22 bits per heavy atom. The lowest BCUT2D eigenvalue weighted by atomic mass is 10.2. The Morgan fingerprint density at radius 3 is 2.81 bits per heavy atom. The molecular formula is C20H21FN4O2. The highest BCUT2D eigenvalue weighted by Crippen LogP contribution is 2.21. The van der Waals surface area contributed by atoms with Crippen LogP contribution in [-0.2, 0) is 11.3 Å². The molecule has 4 rings (SSSR count). The van der Waals surface area contributed by atoms with Crippen LogP contribution in [-0.4, -0.2) is 47.4 Å². The van der Waals surface area contributed by atoms with Crippen LogP contribution in [0.25, 0.3) is 0 Å². The first kappa shape index (κ1) is 17.5. The predicted octanol–water partition coefficient (Wildman–Crippen LogP) is 1.96. The molecule has 0 unspecified atom stereocenters. The first-order valence-electron chi connectivity index (χ1n) is 9.12. The number of halogens is 1. The van der Waals surface area contributed by atoms with Gasteiger partial charge >= 0.3 is 0 Å². The maximum atomic E-state index is 13.3. The predicted molar refractivity (Wildman–Crippen MR) is 98.8 cm³/mol. The maximum absolute atomic E-state index is 13.3. The summed E-state index contributed by atoms with van der Waals surface area (Å²) in [5, 5.41) is 2.96. The number of carbonyl (C=O) groups is 2. The number of aromatic nitrogens is 1. The van der Waals surface area contributed by atoms with E-state index in [0.29, 0.717) is 37.1 Å². The fraction of sp³-hybridized carbons (Fsp3) is 0.350. The van der Waals surface area contributed by atoms with Crippen molar-refractivity contribution in [3.05, 3.63) is 59.5 Å². The van der Waals surface area contributed by atoms with Gasteiger partial charge < -0.3 is 15.1 Å². The van der Waals surface area contributed by atoms with Crippen molar-refractivity contribution in [1.82, 2.24) is 15.2 Å². The zero-order chi connectivity index (χ0) is 18.8. The molecule has 1 N–H and O–H groups in total. The molecule has 0 atom stereocenters. The number of nitrogens with one attached hydrogen (secondary N) is 1. The van der Waals surface area contributed by atoms with Gasteiger partial charge in [-0.3, -0.25) is 9.59 Å². The third-order valence-corrected chi connectivity index (χ3v) is 4.83. The lowest BCUT2D eigenvalue weighted by Crippen LogP contribution is -2.50. The Labute approximate surface area is 157 Å². The second kappa shape index (κ2) is 7.34. The highest BCUT2D eigenvalue weighted by molar-refractivity contribution is 5.95. The van der Waals surface area contributed by atoms with E-state index >= 15 is 0 Å². The molecule has 2 amide bonds. The van der Waals surface area contributed by atoms with Gasteiger partial charge in [0.25, 0.3) is 5.91 Å². The Hall–Kier alpha value is -2.96. The average Bonchev–Trinajstić information content (AvgIpc) is 3.47. The zero-order valence-electron chi connectivity index (χ0n) is 14.9. The summed E-state index contributed by atoms with van der Waals surface area (Å²) in [6, 6.07) is 10.0. The quantitative estimate of drug-likeness (QED) is 0.876. The van der Waals surface area contributed by atoms with Crippen LogP contribution >= 0.6 is 0 Å². The van der Waals surface area contributed by atoms with Crippen molar-refractivity contribution in [2.75, 3.05) is 24.5 Å². The van der Waals surface area contributed by atoms with Crippen LogP contribution in [0.15, 0.2) is 42.6 Å². The molecule has 2 aliphatic rings.